The summed E-state index contributed by atoms with van der Waals surface area (Å²) in [6.07, 6.45) is 0. The van der Waals surface area contributed by atoms with E-state index in [1.807, 2.05) is 0 Å². The maximum atomic E-state index is 3.50. The summed E-state index contributed by atoms with van der Waals surface area (Å²) in [6.45, 7) is 1.85. The van der Waals surface area contributed by atoms with Crippen LogP contribution in [0.15, 0.2) is 59.3 Å². The zero-order chi connectivity index (χ0) is 12.2. The predicted molar refractivity (Wildman–Crippen MR) is 78.8 cm³/mol. The van der Waals surface area contributed by atoms with Crippen LogP contribution in [0.5, 0.6) is 0 Å². The second-order valence-electron chi connectivity index (χ2n) is 4.37. The van der Waals surface area contributed by atoms with Crippen molar-refractivity contribution in [3.05, 3.63) is 70.4 Å². The molecule has 2 heteroatoms. The minimum Gasteiger partial charge on any atom is -0.309 e. The summed E-state index contributed by atoms with van der Waals surface area (Å²) < 4.78 is 0. The number of thiophene rings is 1. The minimum absolute atomic E-state index is 0.914. The Morgan fingerprint density at radius 2 is 1.78 bits per heavy atom. The minimum atomic E-state index is 0.914. The van der Waals surface area contributed by atoms with Crippen molar-refractivity contribution in [1.82, 2.24) is 5.32 Å². The lowest BCUT2D eigenvalue weighted by Gasteiger charge is -2.07. The van der Waals surface area contributed by atoms with Gasteiger partial charge in [-0.15, -0.1) is 0 Å². The van der Waals surface area contributed by atoms with Crippen molar-refractivity contribution in [3.63, 3.8) is 0 Å². The Morgan fingerprint density at radius 1 is 0.889 bits per heavy atom. The molecule has 1 aromatic heterocycles. The molecule has 18 heavy (non-hydrogen) atoms. The molecule has 90 valence electrons. The Balaban J connectivity index is 1.74. The van der Waals surface area contributed by atoms with Gasteiger partial charge in [0.15, 0.2) is 0 Å². The molecule has 0 aliphatic heterocycles. The molecule has 0 unspecified atom stereocenters. The fraction of sp³-hybridized carbons (Fsp3) is 0.125. The van der Waals surface area contributed by atoms with Gasteiger partial charge in [-0.3, -0.25) is 0 Å². The van der Waals surface area contributed by atoms with Gasteiger partial charge in [0.25, 0.3) is 0 Å². The second-order valence-corrected chi connectivity index (χ2v) is 5.15. The van der Waals surface area contributed by atoms with Crippen LogP contribution >= 0.6 is 11.3 Å². The first-order chi connectivity index (χ1) is 8.93. The van der Waals surface area contributed by atoms with Crippen LogP contribution in [0, 0.1) is 0 Å². The van der Waals surface area contributed by atoms with Crippen molar-refractivity contribution < 1.29 is 0 Å². The van der Waals surface area contributed by atoms with E-state index in [0.29, 0.717) is 0 Å². The second kappa shape index (κ2) is 5.34. The molecule has 0 amide bonds. The molecule has 3 aromatic rings. The third-order valence-corrected chi connectivity index (χ3v) is 3.84. The van der Waals surface area contributed by atoms with Crippen LogP contribution in [0.3, 0.4) is 0 Å². The first-order valence-corrected chi connectivity index (χ1v) is 7.06. The van der Waals surface area contributed by atoms with Crippen LogP contribution in [0.2, 0.25) is 0 Å². The molecular weight excluding hydrogens is 238 g/mol. The monoisotopic (exact) mass is 253 g/mol. The molecule has 0 bridgehead atoms. The molecule has 0 saturated heterocycles. The van der Waals surface area contributed by atoms with E-state index in [2.05, 4.69) is 64.6 Å². The highest BCUT2D eigenvalue weighted by molar-refractivity contribution is 7.07. The van der Waals surface area contributed by atoms with Gasteiger partial charge >= 0.3 is 0 Å². The first kappa shape index (κ1) is 11.5. The summed E-state index contributed by atoms with van der Waals surface area (Å²) in [5.41, 5.74) is 2.73. The van der Waals surface area contributed by atoms with Gasteiger partial charge in [0.2, 0.25) is 0 Å². The molecule has 0 aliphatic rings. The van der Waals surface area contributed by atoms with Gasteiger partial charge in [0.05, 0.1) is 0 Å². The molecule has 0 atom stereocenters. The Kier molecular flexibility index (Phi) is 3.40. The van der Waals surface area contributed by atoms with E-state index in [1.165, 1.54) is 21.9 Å². The van der Waals surface area contributed by atoms with Gasteiger partial charge in [-0.25, -0.2) is 0 Å². The smallest absolute Gasteiger partial charge is 0.0216 e. The average Bonchev–Trinajstić information content (AvgIpc) is 2.92. The summed E-state index contributed by atoms with van der Waals surface area (Å²) in [7, 11) is 0. The lowest BCUT2D eigenvalue weighted by molar-refractivity contribution is 0.698. The largest absolute Gasteiger partial charge is 0.309 e. The van der Waals surface area contributed by atoms with Gasteiger partial charge in [0.1, 0.15) is 0 Å². The molecule has 0 saturated carbocycles. The zero-order valence-corrected chi connectivity index (χ0v) is 10.9. The van der Waals surface area contributed by atoms with Crippen molar-refractivity contribution in [2.75, 3.05) is 0 Å². The van der Waals surface area contributed by atoms with Gasteiger partial charge in [-0.1, -0.05) is 42.5 Å². The molecule has 0 fully saturated rings. The molecule has 0 spiro atoms. The Labute approximate surface area is 111 Å². The van der Waals surface area contributed by atoms with E-state index in [4.69, 9.17) is 0 Å². The van der Waals surface area contributed by atoms with Gasteiger partial charge in [-0.2, -0.15) is 11.3 Å². The third kappa shape index (κ3) is 2.45. The summed E-state index contributed by atoms with van der Waals surface area (Å²) >= 11 is 1.75. The van der Waals surface area contributed by atoms with E-state index in [0.717, 1.165) is 13.1 Å². The summed E-state index contributed by atoms with van der Waals surface area (Å²) in [5, 5.41) is 10.5. The lowest BCUT2D eigenvalue weighted by Crippen LogP contribution is -2.12. The van der Waals surface area contributed by atoms with Gasteiger partial charge < -0.3 is 5.32 Å². The SMILES string of the molecule is c1ccc2c(CNCc3ccsc3)cccc2c1. The molecule has 3 rings (SSSR count). The van der Waals surface area contributed by atoms with Crippen LogP contribution in [0.1, 0.15) is 11.1 Å². The topological polar surface area (TPSA) is 12.0 Å². The number of rotatable bonds is 4. The Hall–Kier alpha value is -1.64. The van der Waals surface area contributed by atoms with E-state index in [9.17, 15) is 0 Å². The van der Waals surface area contributed by atoms with Crippen molar-refractivity contribution >= 4 is 22.1 Å². The molecule has 1 nitrogen and oxygen atoms in total. The molecular formula is C16H15NS. The van der Waals surface area contributed by atoms with Gasteiger partial charge in [-0.05, 0) is 38.7 Å². The predicted octanol–water partition coefficient (Wildman–Crippen LogP) is 4.19. The molecule has 1 heterocycles. The van der Waals surface area contributed by atoms with Crippen LogP contribution < -0.4 is 5.32 Å². The summed E-state index contributed by atoms with van der Waals surface area (Å²) in [4.78, 5) is 0. The van der Waals surface area contributed by atoms with Crippen molar-refractivity contribution in [2.24, 2.45) is 0 Å². The maximum absolute atomic E-state index is 3.50. The van der Waals surface area contributed by atoms with E-state index in [-0.39, 0.29) is 0 Å². The van der Waals surface area contributed by atoms with Crippen molar-refractivity contribution in [3.8, 4) is 0 Å². The average molecular weight is 253 g/mol. The fourth-order valence-corrected chi connectivity index (χ4v) is 2.85. The number of benzene rings is 2. The summed E-state index contributed by atoms with van der Waals surface area (Å²) in [6, 6.07) is 17.2. The first-order valence-electron chi connectivity index (χ1n) is 6.12. The zero-order valence-electron chi connectivity index (χ0n) is 10.1. The molecule has 0 aliphatic carbocycles. The Bertz CT molecular complexity index is 623. The van der Waals surface area contributed by atoms with Crippen LogP contribution in [0.25, 0.3) is 10.8 Å². The normalized spacial score (nSPS) is 10.9. The van der Waals surface area contributed by atoms with Crippen LogP contribution in [0.4, 0.5) is 0 Å². The van der Waals surface area contributed by atoms with Crippen molar-refractivity contribution in [1.29, 1.82) is 0 Å². The Morgan fingerprint density at radius 3 is 2.67 bits per heavy atom. The van der Waals surface area contributed by atoms with E-state index >= 15 is 0 Å². The lowest BCUT2D eigenvalue weighted by atomic mass is 10.0. The highest BCUT2D eigenvalue weighted by Crippen LogP contribution is 2.18. The molecule has 2 aromatic carbocycles. The van der Waals surface area contributed by atoms with Crippen LogP contribution in [-0.2, 0) is 13.1 Å². The van der Waals surface area contributed by atoms with E-state index < -0.39 is 0 Å². The number of nitrogens with one attached hydrogen (secondary N) is 1. The fourth-order valence-electron chi connectivity index (χ4n) is 2.18. The number of hydrogen-bond acceptors (Lipinski definition) is 2. The quantitative estimate of drug-likeness (QED) is 0.735. The molecule has 1 N–H and O–H groups in total. The standard InChI is InChI=1S/C16H15NS/c1-2-7-16-14(4-1)5-3-6-15(16)11-17-10-13-8-9-18-12-13/h1-9,12,17H,10-11H2. The van der Waals surface area contributed by atoms with Crippen molar-refractivity contribution in [2.45, 2.75) is 13.1 Å². The maximum Gasteiger partial charge on any atom is 0.0216 e. The highest BCUT2D eigenvalue weighted by atomic mass is 32.1. The summed E-state index contributed by atoms with van der Waals surface area (Å²) in [5.74, 6) is 0. The van der Waals surface area contributed by atoms with Gasteiger partial charge in [0, 0.05) is 13.1 Å². The number of fused-ring (bicyclic) bond motifs is 1. The molecule has 0 radical (unpaired) electrons. The van der Waals surface area contributed by atoms with E-state index in [1.54, 1.807) is 11.3 Å². The third-order valence-electron chi connectivity index (χ3n) is 3.10. The highest BCUT2D eigenvalue weighted by Gasteiger charge is 1.99. The van der Waals surface area contributed by atoms with Crippen LogP contribution in [-0.4, -0.2) is 0 Å². The number of hydrogen-bond donors (Lipinski definition) is 1.